The molecule has 0 radical (unpaired) electrons. The zero-order valence-corrected chi connectivity index (χ0v) is 26.7. The maximum absolute atomic E-state index is 12.6. The molecule has 0 heterocycles. The van der Waals surface area contributed by atoms with Gasteiger partial charge in [0.15, 0.2) is 0 Å². The minimum absolute atomic E-state index is 0.0423. The third-order valence-electron chi connectivity index (χ3n) is 6.50. The Morgan fingerprint density at radius 1 is 0.932 bits per heavy atom. The van der Waals surface area contributed by atoms with Crippen LogP contribution < -0.4 is 11.1 Å². The minimum Gasteiger partial charge on any atom is -0.481 e. The number of rotatable bonds is 13. The van der Waals surface area contributed by atoms with Gasteiger partial charge in [0.05, 0.1) is 5.92 Å². The van der Waals surface area contributed by atoms with Crippen LogP contribution in [0.3, 0.4) is 0 Å². The summed E-state index contributed by atoms with van der Waals surface area (Å²) < 4.78 is 42.7. The van der Waals surface area contributed by atoms with Crippen LogP contribution in [0.25, 0.3) is 0 Å². The van der Waals surface area contributed by atoms with Gasteiger partial charge in [0.25, 0.3) is 0 Å². The Kier molecular flexibility index (Phi) is 14.9. The van der Waals surface area contributed by atoms with Gasteiger partial charge < -0.3 is 25.8 Å². The average Bonchev–Trinajstić information content (AvgIpc) is 2.98. The SMILES string of the molecule is CC(C)C(N=S(=O)=O)P(=O)(O)CC(C(=O)O)c1cccc(CN)c1.CC(Cc1ccccc1)NC(=O)OCc1ccccc1. The van der Waals surface area contributed by atoms with E-state index in [0.717, 1.165) is 12.0 Å². The van der Waals surface area contributed by atoms with Gasteiger partial charge in [0.2, 0.25) is 7.37 Å². The number of carboxylic acids is 1. The average molecular weight is 646 g/mol. The molecule has 0 aromatic heterocycles. The van der Waals surface area contributed by atoms with Gasteiger partial charge in [-0.1, -0.05) is 98.8 Å². The van der Waals surface area contributed by atoms with E-state index in [2.05, 4.69) is 9.68 Å². The quantitative estimate of drug-likeness (QED) is 0.182. The number of hydrogen-bond donors (Lipinski definition) is 4. The lowest BCUT2D eigenvalue weighted by Crippen LogP contribution is -2.34. The first-order valence-corrected chi connectivity index (χ1v) is 16.9. The summed E-state index contributed by atoms with van der Waals surface area (Å²) in [6, 6.07) is 26.2. The minimum atomic E-state index is -4.18. The number of ether oxygens (including phenoxy) is 1. The Morgan fingerprint density at radius 2 is 1.50 bits per heavy atom. The number of carbonyl (C=O) groups is 2. The van der Waals surface area contributed by atoms with E-state index in [-0.39, 0.29) is 18.7 Å². The Morgan fingerprint density at radius 3 is 2.02 bits per heavy atom. The van der Waals surface area contributed by atoms with Crippen molar-refractivity contribution in [2.75, 3.05) is 6.16 Å². The van der Waals surface area contributed by atoms with Crippen LogP contribution in [0.5, 0.6) is 0 Å². The van der Waals surface area contributed by atoms with Crippen LogP contribution in [-0.2, 0) is 44.2 Å². The summed E-state index contributed by atoms with van der Waals surface area (Å²) in [5.74, 6) is -4.45. The molecule has 13 heteroatoms. The molecule has 3 aromatic carbocycles. The van der Waals surface area contributed by atoms with Crippen molar-refractivity contribution in [3.05, 3.63) is 107 Å². The molecular weight excluding hydrogens is 605 g/mol. The second-order valence-corrected chi connectivity index (χ2v) is 13.6. The van der Waals surface area contributed by atoms with Crippen LogP contribution in [0.15, 0.2) is 89.3 Å². The van der Waals surface area contributed by atoms with Crippen molar-refractivity contribution >= 4 is 29.9 Å². The second-order valence-electron chi connectivity index (χ2n) is 10.6. The lowest BCUT2D eigenvalue weighted by atomic mass is 9.99. The first-order chi connectivity index (χ1) is 20.8. The number of carbonyl (C=O) groups excluding carboxylic acids is 1. The molecule has 0 aliphatic carbocycles. The van der Waals surface area contributed by atoms with Gasteiger partial charge in [-0.05, 0) is 41.5 Å². The highest BCUT2D eigenvalue weighted by Crippen LogP contribution is 2.53. The highest BCUT2D eigenvalue weighted by molar-refractivity contribution is 7.63. The summed E-state index contributed by atoms with van der Waals surface area (Å²) >= 11 is 0. The molecule has 11 nitrogen and oxygen atoms in total. The van der Waals surface area contributed by atoms with Crippen molar-refractivity contribution in [3.63, 3.8) is 0 Å². The molecule has 3 aromatic rings. The third kappa shape index (κ3) is 12.8. The molecule has 0 fully saturated rings. The monoisotopic (exact) mass is 645 g/mol. The number of nitrogens with two attached hydrogens (primary N) is 1. The van der Waals surface area contributed by atoms with Crippen LogP contribution in [0.4, 0.5) is 4.79 Å². The zero-order valence-electron chi connectivity index (χ0n) is 24.9. The van der Waals surface area contributed by atoms with E-state index in [9.17, 15) is 32.6 Å². The maximum atomic E-state index is 12.6. The molecule has 0 saturated heterocycles. The fourth-order valence-corrected chi connectivity index (χ4v) is 7.64. The summed E-state index contributed by atoms with van der Waals surface area (Å²) in [6.07, 6.45) is -0.196. The van der Waals surface area contributed by atoms with Crippen molar-refractivity contribution in [2.24, 2.45) is 16.0 Å². The largest absolute Gasteiger partial charge is 0.481 e. The topological polar surface area (TPSA) is 185 Å². The number of alkyl carbamates (subject to hydrolysis) is 1. The van der Waals surface area contributed by atoms with E-state index >= 15 is 0 Å². The Bertz CT molecular complexity index is 1530. The third-order valence-corrected chi connectivity index (χ3v) is 9.48. The number of carboxylic acid groups (broad SMARTS) is 1. The molecule has 0 aliphatic heterocycles. The van der Waals surface area contributed by atoms with Crippen LogP contribution in [0.1, 0.15) is 48.9 Å². The first kappa shape index (κ1) is 36.4. The molecule has 1 amide bonds. The lowest BCUT2D eigenvalue weighted by molar-refractivity contribution is -0.138. The number of benzene rings is 3. The van der Waals surface area contributed by atoms with Gasteiger partial charge in [-0.3, -0.25) is 9.36 Å². The zero-order chi connectivity index (χ0) is 32.7. The molecule has 4 unspecified atom stereocenters. The molecule has 238 valence electrons. The molecule has 4 atom stereocenters. The molecule has 0 saturated carbocycles. The number of amides is 1. The Hall–Kier alpha value is -3.83. The number of nitrogens with zero attached hydrogens (tertiary/aromatic N) is 1. The molecule has 44 heavy (non-hydrogen) atoms. The maximum Gasteiger partial charge on any atom is 0.407 e. The normalized spacial score (nSPS) is 14.1. The van der Waals surface area contributed by atoms with E-state index in [1.807, 2.05) is 67.6 Å². The lowest BCUT2D eigenvalue weighted by Gasteiger charge is -2.24. The van der Waals surface area contributed by atoms with Crippen LogP contribution in [0, 0.1) is 5.92 Å². The summed E-state index contributed by atoms with van der Waals surface area (Å²) in [5, 5.41) is 12.3. The van der Waals surface area contributed by atoms with Gasteiger partial charge in [-0.15, -0.1) is 0 Å². The Balaban J connectivity index is 0.000000311. The molecule has 5 N–H and O–H groups in total. The highest BCUT2D eigenvalue weighted by atomic mass is 32.2. The van der Waals surface area contributed by atoms with Gasteiger partial charge in [0.1, 0.15) is 12.4 Å². The molecule has 0 aliphatic rings. The summed E-state index contributed by atoms with van der Waals surface area (Å²) in [6.45, 7) is 5.57. The van der Waals surface area contributed by atoms with Gasteiger partial charge in [-0.2, -0.15) is 12.8 Å². The van der Waals surface area contributed by atoms with Crippen LogP contribution in [0.2, 0.25) is 0 Å². The Labute approximate surface area is 259 Å². The van der Waals surface area contributed by atoms with Crippen molar-refractivity contribution < 1.29 is 37.3 Å². The second kappa shape index (κ2) is 18.1. The fraction of sp³-hybridized carbons (Fsp3) is 0.355. The van der Waals surface area contributed by atoms with Gasteiger partial charge >= 0.3 is 22.6 Å². The van der Waals surface area contributed by atoms with Gasteiger partial charge in [-0.25, -0.2) is 4.79 Å². The van der Waals surface area contributed by atoms with E-state index in [1.54, 1.807) is 32.0 Å². The number of nitrogens with one attached hydrogen (secondary N) is 1. The smallest absolute Gasteiger partial charge is 0.407 e. The van der Waals surface area contributed by atoms with Crippen molar-refractivity contribution in [3.8, 4) is 0 Å². The number of aliphatic carboxylic acids is 1. The fourth-order valence-electron chi connectivity index (χ4n) is 4.37. The van der Waals surface area contributed by atoms with Crippen molar-refractivity contribution in [2.45, 2.75) is 58.1 Å². The predicted molar refractivity (Wildman–Crippen MR) is 169 cm³/mol. The van der Waals surface area contributed by atoms with E-state index in [4.69, 9.17) is 10.5 Å². The highest BCUT2D eigenvalue weighted by Gasteiger charge is 2.39. The van der Waals surface area contributed by atoms with Gasteiger partial charge in [0, 0.05) is 18.7 Å². The standard InChI is InChI=1S/C17H19NO2.C14H21N2O6PS/c1-14(12-15-8-4-2-5-9-15)18-17(19)20-13-16-10-6-3-7-11-16;1-9(2)13(16-24(21)22)23(19,20)8-12(14(17)18)11-5-3-4-10(6-11)7-15/h2-11,14H,12-13H2,1H3,(H,18,19);3-6,9,12-13H,7-8,15H2,1-2H3,(H,17,18)(H,19,20). The number of hydrogen-bond acceptors (Lipinski definition) is 8. The molecule has 0 bridgehead atoms. The summed E-state index contributed by atoms with van der Waals surface area (Å²) in [4.78, 5) is 33.6. The van der Waals surface area contributed by atoms with Crippen molar-refractivity contribution in [1.82, 2.24) is 5.32 Å². The molecular formula is C31H40N3O8PS. The summed E-state index contributed by atoms with van der Waals surface area (Å²) in [7, 11) is -7.04. The first-order valence-electron chi connectivity index (χ1n) is 14.0. The van der Waals surface area contributed by atoms with E-state index in [1.165, 1.54) is 11.6 Å². The molecule has 0 spiro atoms. The van der Waals surface area contributed by atoms with Crippen LogP contribution >= 0.6 is 7.37 Å². The van der Waals surface area contributed by atoms with E-state index < -0.39 is 47.6 Å². The molecule has 3 rings (SSSR count). The predicted octanol–water partition coefficient (Wildman–Crippen LogP) is 5.17. The summed E-state index contributed by atoms with van der Waals surface area (Å²) in [5.41, 5.74) is 8.74. The van der Waals surface area contributed by atoms with Crippen LogP contribution in [-0.4, -0.2) is 48.5 Å². The van der Waals surface area contributed by atoms with E-state index in [0.29, 0.717) is 17.7 Å². The van der Waals surface area contributed by atoms with Crippen molar-refractivity contribution in [1.29, 1.82) is 0 Å².